The molecule has 13 nitrogen and oxygen atoms in total. The second kappa shape index (κ2) is 13.3. The first-order valence-corrected chi connectivity index (χ1v) is 16.3. The summed E-state index contributed by atoms with van der Waals surface area (Å²) >= 11 is 0. The Balaban J connectivity index is 1.28. The summed E-state index contributed by atoms with van der Waals surface area (Å²) < 4.78 is 70.5. The molecule has 1 saturated heterocycles. The van der Waals surface area contributed by atoms with Crippen LogP contribution in [0.3, 0.4) is 0 Å². The molecule has 2 aliphatic rings. The maximum absolute atomic E-state index is 13.0. The van der Waals surface area contributed by atoms with Gasteiger partial charge in [-0.1, -0.05) is 17.7 Å². The fourth-order valence-electron chi connectivity index (χ4n) is 5.18. The van der Waals surface area contributed by atoms with E-state index in [-0.39, 0.29) is 23.4 Å². The number of anilines is 3. The fraction of sp³-hybridized carbons (Fsp3) is 0.433. The highest BCUT2D eigenvalue weighted by Crippen LogP contribution is 2.43. The number of aromatic nitrogens is 3. The zero-order valence-corrected chi connectivity index (χ0v) is 26.9. The van der Waals surface area contributed by atoms with Gasteiger partial charge in [-0.2, -0.15) is 28.1 Å². The predicted octanol–water partition coefficient (Wildman–Crippen LogP) is 2.98. The molecule has 252 valence electrons. The van der Waals surface area contributed by atoms with Crippen molar-refractivity contribution >= 4 is 39.4 Å². The van der Waals surface area contributed by atoms with Crippen molar-refractivity contribution in [3.8, 4) is 6.01 Å². The molecule has 47 heavy (non-hydrogen) atoms. The monoisotopic (exact) mass is 676 g/mol. The topological polar surface area (TPSA) is 150 Å². The molecule has 1 saturated carbocycles. The van der Waals surface area contributed by atoms with E-state index in [1.165, 1.54) is 24.3 Å². The Kier molecular flexibility index (Phi) is 9.58. The van der Waals surface area contributed by atoms with Crippen LogP contribution in [0.4, 0.5) is 30.8 Å². The molecule has 2 aromatic carbocycles. The smallest absolute Gasteiger partial charge is 0.422 e. The lowest BCUT2D eigenvalue weighted by molar-refractivity contribution is -0.154. The zero-order chi connectivity index (χ0) is 34.0. The first-order valence-electron chi connectivity index (χ1n) is 14.8. The Morgan fingerprint density at radius 2 is 1.66 bits per heavy atom. The summed E-state index contributed by atoms with van der Waals surface area (Å²) in [5, 5.41) is 2.87. The molecular formula is C30H35F3N8O5S. The first-order chi connectivity index (χ1) is 22.1. The average molecular weight is 677 g/mol. The van der Waals surface area contributed by atoms with Crippen molar-refractivity contribution in [2.75, 3.05) is 63.6 Å². The molecule has 0 radical (unpaired) electrons. The lowest BCUT2D eigenvalue weighted by Gasteiger charge is -2.34. The number of nitrogens with one attached hydrogen (secondary N) is 2. The van der Waals surface area contributed by atoms with Crippen LogP contribution in [0.25, 0.3) is 0 Å². The fourth-order valence-corrected chi connectivity index (χ4v) is 6.82. The molecule has 0 unspecified atom stereocenters. The number of piperazine rings is 1. The van der Waals surface area contributed by atoms with E-state index >= 15 is 0 Å². The van der Waals surface area contributed by atoms with E-state index < -0.39 is 39.5 Å². The summed E-state index contributed by atoms with van der Waals surface area (Å²) in [4.78, 5) is 43.3. The van der Waals surface area contributed by atoms with E-state index in [1.807, 2.05) is 19.1 Å². The van der Waals surface area contributed by atoms with Crippen molar-refractivity contribution < 1.29 is 35.9 Å². The zero-order valence-electron chi connectivity index (χ0n) is 26.0. The van der Waals surface area contributed by atoms with Gasteiger partial charge in [0.2, 0.25) is 21.9 Å². The minimum atomic E-state index is -4.63. The number of nitrogens with zero attached hydrogens (tertiary/aromatic N) is 6. The number of aryl methyl sites for hydroxylation is 1. The lowest BCUT2D eigenvalue weighted by Crippen LogP contribution is -2.49. The van der Waals surface area contributed by atoms with Gasteiger partial charge >= 0.3 is 12.2 Å². The quantitative estimate of drug-likeness (QED) is 0.309. The highest BCUT2D eigenvalue weighted by atomic mass is 32.2. The maximum atomic E-state index is 13.0. The lowest BCUT2D eigenvalue weighted by atomic mass is 10.1. The highest BCUT2D eigenvalue weighted by molar-refractivity contribution is 7.91. The number of carbonyl (C=O) groups excluding carboxylic acids is 2. The second-order valence-corrected chi connectivity index (χ2v) is 13.9. The van der Waals surface area contributed by atoms with Crippen LogP contribution in [0.5, 0.6) is 6.01 Å². The van der Waals surface area contributed by atoms with Crippen molar-refractivity contribution in [1.29, 1.82) is 0 Å². The van der Waals surface area contributed by atoms with Gasteiger partial charge in [0.15, 0.2) is 6.61 Å². The predicted molar refractivity (Wildman–Crippen MR) is 167 cm³/mol. The van der Waals surface area contributed by atoms with E-state index in [1.54, 1.807) is 40.9 Å². The number of hydrogen-bond donors (Lipinski definition) is 2. The number of alkyl halides is 3. The molecule has 2 amide bonds. The van der Waals surface area contributed by atoms with Gasteiger partial charge in [0.05, 0.1) is 0 Å². The van der Waals surface area contributed by atoms with Crippen LogP contribution in [0, 0.1) is 6.92 Å². The van der Waals surface area contributed by atoms with Crippen LogP contribution < -0.4 is 19.7 Å². The number of halogens is 3. The van der Waals surface area contributed by atoms with Crippen molar-refractivity contribution in [3.63, 3.8) is 0 Å². The number of amides is 2. The summed E-state index contributed by atoms with van der Waals surface area (Å²) in [7, 11) is -0.387. The van der Waals surface area contributed by atoms with Crippen molar-refractivity contribution in [2.24, 2.45) is 0 Å². The number of rotatable bonds is 11. The number of benzene rings is 2. The molecule has 2 fully saturated rings. The third-order valence-electron chi connectivity index (χ3n) is 7.70. The van der Waals surface area contributed by atoms with Gasteiger partial charge in [-0.3, -0.25) is 9.59 Å². The SMILES string of the molecule is Cc1cccc(C(=O)N2CCN(c3nc(Nc4ccc(C(=O)NS(=O)(=O)C5(CN(C)C)CC5)cc4)nc(OCC(F)(F)F)n3)CC2)c1. The normalized spacial score (nSPS) is 16.1. The third-order valence-corrected chi connectivity index (χ3v) is 9.83. The molecule has 0 spiro atoms. The molecule has 1 aliphatic heterocycles. The van der Waals surface area contributed by atoms with Gasteiger partial charge < -0.3 is 24.8 Å². The third kappa shape index (κ3) is 8.45. The summed E-state index contributed by atoms with van der Waals surface area (Å²) in [5.74, 6) is -0.984. The van der Waals surface area contributed by atoms with Gasteiger partial charge in [0, 0.05) is 49.5 Å². The maximum Gasteiger partial charge on any atom is 0.422 e. The van der Waals surface area contributed by atoms with E-state index in [0.717, 1.165) is 5.56 Å². The van der Waals surface area contributed by atoms with Crippen LogP contribution in [0.2, 0.25) is 0 Å². The van der Waals surface area contributed by atoms with Gasteiger partial charge in [-0.05, 0) is 70.3 Å². The number of hydrogen-bond acceptors (Lipinski definition) is 11. The molecule has 0 bridgehead atoms. The Bertz CT molecular complexity index is 1730. The molecule has 0 atom stereocenters. The van der Waals surface area contributed by atoms with Gasteiger partial charge in [-0.15, -0.1) is 0 Å². The molecule has 2 heterocycles. The summed E-state index contributed by atoms with van der Waals surface area (Å²) in [6.07, 6.45) is -3.71. The molecule has 1 aliphatic carbocycles. The van der Waals surface area contributed by atoms with Crippen LogP contribution in [-0.2, 0) is 10.0 Å². The van der Waals surface area contributed by atoms with Crippen LogP contribution >= 0.6 is 0 Å². The number of ether oxygens (including phenoxy) is 1. The number of carbonyl (C=O) groups is 2. The van der Waals surface area contributed by atoms with Crippen molar-refractivity contribution in [3.05, 3.63) is 65.2 Å². The van der Waals surface area contributed by atoms with Gasteiger partial charge in [-0.25, -0.2) is 13.1 Å². The minimum absolute atomic E-state index is 0.0512. The molecular weight excluding hydrogens is 641 g/mol. The highest BCUT2D eigenvalue weighted by Gasteiger charge is 2.55. The van der Waals surface area contributed by atoms with E-state index in [9.17, 15) is 31.2 Å². The Hall–Kier alpha value is -4.51. The van der Waals surface area contributed by atoms with E-state index in [4.69, 9.17) is 4.74 Å². The van der Waals surface area contributed by atoms with Crippen molar-refractivity contribution in [1.82, 2.24) is 29.5 Å². The minimum Gasteiger partial charge on any atom is -0.454 e. The average Bonchev–Trinajstić information content (AvgIpc) is 3.80. The van der Waals surface area contributed by atoms with Crippen molar-refractivity contribution in [2.45, 2.75) is 30.7 Å². The Morgan fingerprint density at radius 1 is 0.979 bits per heavy atom. The standard InChI is InChI=1S/C30H35F3N8O5S/c1-20-5-4-6-22(17-20)25(43)40-13-15-41(16-14-40)27-35-26(36-28(37-27)46-19-30(31,32)33)34-23-9-7-21(8-10-23)24(42)38-47(44,45)29(11-12-29)18-39(2)3/h4-10,17H,11-16,18-19H2,1-3H3,(H,38,42)(H,34,35,36,37). The van der Waals surface area contributed by atoms with Gasteiger partial charge in [0.1, 0.15) is 4.75 Å². The summed E-state index contributed by atoms with van der Waals surface area (Å²) in [5.41, 5.74) is 1.97. The Labute approximate surface area is 270 Å². The largest absolute Gasteiger partial charge is 0.454 e. The van der Waals surface area contributed by atoms with Crippen LogP contribution in [-0.4, -0.2) is 109 Å². The summed E-state index contributed by atoms with van der Waals surface area (Å²) in [6.45, 7) is 1.85. The molecule has 3 aromatic rings. The van der Waals surface area contributed by atoms with Crippen LogP contribution in [0.15, 0.2) is 48.5 Å². The number of sulfonamides is 1. The molecule has 17 heteroatoms. The van der Waals surface area contributed by atoms with Crippen LogP contribution in [0.1, 0.15) is 39.1 Å². The Morgan fingerprint density at radius 3 is 2.26 bits per heavy atom. The summed E-state index contributed by atoms with van der Waals surface area (Å²) in [6, 6.07) is 12.4. The molecule has 1 aromatic heterocycles. The molecule has 2 N–H and O–H groups in total. The van der Waals surface area contributed by atoms with Gasteiger partial charge in [0.25, 0.3) is 11.8 Å². The molecule has 5 rings (SSSR count). The van der Waals surface area contributed by atoms with E-state index in [0.29, 0.717) is 56.8 Å². The second-order valence-electron chi connectivity index (χ2n) is 11.9. The first kappa shape index (κ1) is 33.8. The van der Waals surface area contributed by atoms with E-state index in [2.05, 4.69) is 25.0 Å².